The van der Waals surface area contributed by atoms with Crippen molar-refractivity contribution in [3.63, 3.8) is 0 Å². The molecule has 0 radical (unpaired) electrons. The van der Waals surface area contributed by atoms with Crippen molar-refractivity contribution in [1.29, 1.82) is 0 Å². The first-order valence-electron chi connectivity index (χ1n) is 7.12. The number of ketones is 1. The molecule has 0 N–H and O–H groups in total. The maximum atomic E-state index is 12.8. The first kappa shape index (κ1) is 14.4. The van der Waals surface area contributed by atoms with Gasteiger partial charge < -0.3 is 4.74 Å². The number of carbonyl (C=O) groups excluding carboxylic acids is 1. The van der Waals surface area contributed by atoms with E-state index in [9.17, 15) is 4.79 Å². The van der Waals surface area contributed by atoms with Crippen molar-refractivity contribution in [1.82, 2.24) is 0 Å². The van der Waals surface area contributed by atoms with Gasteiger partial charge in [0.2, 0.25) is 0 Å². The summed E-state index contributed by atoms with van der Waals surface area (Å²) in [5.41, 5.74) is 1.59. The van der Waals surface area contributed by atoms with Gasteiger partial charge >= 0.3 is 0 Å². The maximum Gasteiger partial charge on any atom is 0.167 e. The molecule has 20 heavy (non-hydrogen) atoms. The minimum atomic E-state index is -0.0560. The summed E-state index contributed by atoms with van der Waals surface area (Å²) >= 11 is 8.23. The van der Waals surface area contributed by atoms with Crippen LogP contribution in [0.4, 0.5) is 0 Å². The van der Waals surface area contributed by atoms with Crippen molar-refractivity contribution in [3.05, 3.63) is 34.3 Å². The molecule has 2 saturated heterocycles. The van der Waals surface area contributed by atoms with Crippen LogP contribution in [0.15, 0.2) is 18.2 Å². The monoisotopic (exact) mass is 310 g/mol. The number of Topliss-reactive ketones (excluding diaryl/α,β-unsaturated/α-hetero) is 1. The molecule has 1 aromatic rings. The summed E-state index contributed by atoms with van der Waals surface area (Å²) in [5.74, 6) is 2.42. The van der Waals surface area contributed by atoms with Gasteiger partial charge in [0.05, 0.1) is 10.6 Å². The van der Waals surface area contributed by atoms with Gasteiger partial charge in [-0.1, -0.05) is 23.7 Å². The number of carbonyl (C=O) groups is 1. The summed E-state index contributed by atoms with van der Waals surface area (Å²) in [6, 6.07) is 5.70. The van der Waals surface area contributed by atoms with E-state index in [1.807, 2.05) is 36.9 Å². The van der Waals surface area contributed by atoms with E-state index in [4.69, 9.17) is 16.3 Å². The van der Waals surface area contributed by atoms with Gasteiger partial charge in [0.1, 0.15) is 0 Å². The van der Waals surface area contributed by atoms with Crippen LogP contribution < -0.4 is 0 Å². The van der Waals surface area contributed by atoms with E-state index in [-0.39, 0.29) is 17.3 Å². The largest absolute Gasteiger partial charge is 0.374 e. The third-order valence-electron chi connectivity index (χ3n) is 4.39. The number of aryl methyl sites for hydroxylation is 1. The predicted octanol–water partition coefficient (Wildman–Crippen LogP) is 4.13. The Kier molecular flexibility index (Phi) is 4.11. The molecule has 0 aliphatic carbocycles. The smallest absolute Gasteiger partial charge is 0.167 e. The summed E-state index contributed by atoms with van der Waals surface area (Å²) < 4.78 is 5.99. The Hall–Kier alpha value is -0.510. The lowest BCUT2D eigenvalue weighted by Crippen LogP contribution is -2.42. The highest BCUT2D eigenvalue weighted by Gasteiger charge is 2.42. The third kappa shape index (κ3) is 2.63. The molecule has 2 unspecified atom stereocenters. The van der Waals surface area contributed by atoms with Gasteiger partial charge in [0, 0.05) is 23.8 Å². The van der Waals surface area contributed by atoms with Crippen molar-refractivity contribution in [3.8, 4) is 0 Å². The second kappa shape index (κ2) is 5.70. The Morgan fingerprint density at radius 2 is 2.35 bits per heavy atom. The summed E-state index contributed by atoms with van der Waals surface area (Å²) in [7, 11) is 0. The standard InChI is InChI=1S/C16H19ClO2S/c1-11-3-2-4-13(14(11)17)15(18)12-5-7-19-16(9-12)6-8-20-10-16/h2-4,12H,5-10H2,1H3. The molecule has 1 aromatic carbocycles. The number of ether oxygens (including phenoxy) is 1. The molecule has 2 aliphatic rings. The van der Waals surface area contributed by atoms with E-state index in [0.717, 1.165) is 36.3 Å². The highest BCUT2D eigenvalue weighted by molar-refractivity contribution is 7.99. The zero-order chi connectivity index (χ0) is 14.2. The van der Waals surface area contributed by atoms with Crippen LogP contribution in [-0.4, -0.2) is 29.5 Å². The van der Waals surface area contributed by atoms with Crippen LogP contribution in [0.2, 0.25) is 5.02 Å². The summed E-state index contributed by atoms with van der Waals surface area (Å²) in [6.07, 6.45) is 2.74. The first-order valence-corrected chi connectivity index (χ1v) is 8.66. The van der Waals surface area contributed by atoms with E-state index >= 15 is 0 Å². The topological polar surface area (TPSA) is 26.3 Å². The van der Waals surface area contributed by atoms with Crippen LogP contribution in [0.3, 0.4) is 0 Å². The Bertz CT molecular complexity index is 523. The Morgan fingerprint density at radius 1 is 1.50 bits per heavy atom. The molecule has 0 saturated carbocycles. The zero-order valence-corrected chi connectivity index (χ0v) is 13.2. The van der Waals surface area contributed by atoms with Gasteiger partial charge in [-0.05, 0) is 43.6 Å². The number of benzene rings is 1. The van der Waals surface area contributed by atoms with E-state index < -0.39 is 0 Å². The molecule has 1 spiro atoms. The molecule has 2 fully saturated rings. The second-order valence-electron chi connectivity index (χ2n) is 5.82. The minimum Gasteiger partial charge on any atom is -0.374 e. The first-order chi connectivity index (χ1) is 9.61. The fraction of sp³-hybridized carbons (Fsp3) is 0.562. The van der Waals surface area contributed by atoms with Crippen LogP contribution in [0, 0.1) is 12.8 Å². The number of rotatable bonds is 2. The minimum absolute atomic E-state index is 0.0560. The lowest BCUT2D eigenvalue weighted by Gasteiger charge is -2.37. The van der Waals surface area contributed by atoms with E-state index in [0.29, 0.717) is 17.2 Å². The van der Waals surface area contributed by atoms with Crippen molar-refractivity contribution >= 4 is 29.1 Å². The van der Waals surface area contributed by atoms with E-state index in [2.05, 4.69) is 0 Å². The van der Waals surface area contributed by atoms with Gasteiger partial charge in [0.15, 0.2) is 5.78 Å². The van der Waals surface area contributed by atoms with Gasteiger partial charge in [-0.25, -0.2) is 0 Å². The van der Waals surface area contributed by atoms with Crippen LogP contribution in [-0.2, 0) is 4.74 Å². The Morgan fingerprint density at radius 3 is 3.10 bits per heavy atom. The molecular weight excluding hydrogens is 292 g/mol. The average Bonchev–Trinajstić information content (AvgIpc) is 2.89. The highest BCUT2D eigenvalue weighted by Crippen LogP contribution is 2.41. The molecule has 2 atom stereocenters. The fourth-order valence-corrected chi connectivity index (χ4v) is 4.77. The van der Waals surface area contributed by atoms with E-state index in [1.54, 1.807) is 0 Å². The van der Waals surface area contributed by atoms with Crippen molar-refractivity contribution < 1.29 is 9.53 Å². The Balaban J connectivity index is 1.81. The molecule has 108 valence electrons. The normalized spacial score (nSPS) is 29.8. The second-order valence-corrected chi connectivity index (χ2v) is 7.31. The lowest BCUT2D eigenvalue weighted by atomic mass is 9.81. The molecule has 2 nitrogen and oxygen atoms in total. The Labute approximate surface area is 129 Å². The third-order valence-corrected chi connectivity index (χ3v) is 6.11. The number of hydrogen-bond donors (Lipinski definition) is 0. The number of thioether (sulfide) groups is 1. The fourth-order valence-electron chi connectivity index (χ4n) is 3.17. The highest BCUT2D eigenvalue weighted by atomic mass is 35.5. The number of hydrogen-bond acceptors (Lipinski definition) is 3. The molecular formula is C16H19ClO2S. The molecule has 2 aliphatic heterocycles. The van der Waals surface area contributed by atoms with Gasteiger partial charge in [-0.15, -0.1) is 0 Å². The molecule has 3 rings (SSSR count). The molecule has 4 heteroatoms. The van der Waals surface area contributed by atoms with E-state index in [1.165, 1.54) is 0 Å². The zero-order valence-electron chi connectivity index (χ0n) is 11.7. The van der Waals surface area contributed by atoms with Gasteiger partial charge in [0.25, 0.3) is 0 Å². The summed E-state index contributed by atoms with van der Waals surface area (Å²) in [5, 5.41) is 0.610. The van der Waals surface area contributed by atoms with Crippen LogP contribution in [0.1, 0.15) is 35.2 Å². The summed E-state index contributed by atoms with van der Waals surface area (Å²) in [6.45, 7) is 2.64. The van der Waals surface area contributed by atoms with Crippen LogP contribution in [0.25, 0.3) is 0 Å². The predicted molar refractivity (Wildman–Crippen MR) is 83.9 cm³/mol. The maximum absolute atomic E-state index is 12.8. The average molecular weight is 311 g/mol. The van der Waals surface area contributed by atoms with Crippen LogP contribution >= 0.6 is 23.4 Å². The quantitative estimate of drug-likeness (QED) is 0.768. The SMILES string of the molecule is Cc1cccc(C(=O)C2CCOC3(CCSC3)C2)c1Cl. The molecule has 0 aromatic heterocycles. The van der Waals surface area contributed by atoms with Crippen LogP contribution in [0.5, 0.6) is 0 Å². The lowest BCUT2D eigenvalue weighted by molar-refractivity contribution is -0.0734. The van der Waals surface area contributed by atoms with Gasteiger partial charge in [-0.3, -0.25) is 4.79 Å². The molecule has 2 heterocycles. The van der Waals surface area contributed by atoms with Crippen molar-refractivity contribution in [2.24, 2.45) is 5.92 Å². The summed E-state index contributed by atoms with van der Waals surface area (Å²) in [4.78, 5) is 12.8. The molecule has 0 bridgehead atoms. The molecule has 0 amide bonds. The van der Waals surface area contributed by atoms with Crippen molar-refractivity contribution in [2.75, 3.05) is 18.1 Å². The van der Waals surface area contributed by atoms with Crippen molar-refractivity contribution in [2.45, 2.75) is 31.8 Å². The number of halogens is 1. The van der Waals surface area contributed by atoms with Gasteiger partial charge in [-0.2, -0.15) is 11.8 Å².